The van der Waals surface area contributed by atoms with Gasteiger partial charge in [0.2, 0.25) is 0 Å². The molecule has 1 aliphatic rings. The van der Waals surface area contributed by atoms with Crippen molar-refractivity contribution in [1.29, 1.82) is 0 Å². The molecule has 7 heteroatoms. The molecule has 1 atom stereocenters. The Labute approximate surface area is 146 Å². The molecule has 3 N–H and O–H groups in total. The van der Waals surface area contributed by atoms with E-state index >= 15 is 0 Å². The van der Waals surface area contributed by atoms with E-state index in [1.165, 1.54) is 0 Å². The van der Waals surface area contributed by atoms with E-state index in [0.29, 0.717) is 24.1 Å². The van der Waals surface area contributed by atoms with Crippen molar-refractivity contribution in [3.63, 3.8) is 0 Å². The van der Waals surface area contributed by atoms with Crippen molar-refractivity contribution in [2.45, 2.75) is 38.7 Å². The summed E-state index contributed by atoms with van der Waals surface area (Å²) in [6.45, 7) is 4.99. The van der Waals surface area contributed by atoms with Gasteiger partial charge in [-0.05, 0) is 37.0 Å². The second-order valence-corrected chi connectivity index (χ2v) is 6.93. The van der Waals surface area contributed by atoms with Crippen molar-refractivity contribution < 1.29 is 19.1 Å². The Kier molecular flexibility index (Phi) is 5.55. The zero-order valence-electron chi connectivity index (χ0n) is 14.6. The van der Waals surface area contributed by atoms with Crippen molar-refractivity contribution in [2.24, 2.45) is 5.92 Å². The van der Waals surface area contributed by atoms with Crippen LogP contribution in [0.2, 0.25) is 0 Å². The molecule has 1 aliphatic carbocycles. The lowest BCUT2D eigenvalue weighted by molar-refractivity contribution is 0.0274. The SMILES string of the molecule is CC(C)COCC(O)CNC(=O)Nc1ccc2oc(C3CC3)nc2c1. The number of hydrogen-bond acceptors (Lipinski definition) is 5. The molecule has 3 rings (SSSR count). The van der Waals surface area contributed by atoms with Crippen molar-refractivity contribution in [3.8, 4) is 0 Å². The monoisotopic (exact) mass is 347 g/mol. The second kappa shape index (κ2) is 7.84. The normalized spacial score (nSPS) is 15.5. The predicted octanol–water partition coefficient (Wildman–Crippen LogP) is 2.86. The average Bonchev–Trinajstić information content (AvgIpc) is 3.32. The molecule has 1 saturated carbocycles. The maximum Gasteiger partial charge on any atom is 0.319 e. The highest BCUT2D eigenvalue weighted by Crippen LogP contribution is 2.40. The van der Waals surface area contributed by atoms with E-state index < -0.39 is 6.10 Å². The van der Waals surface area contributed by atoms with E-state index in [-0.39, 0.29) is 19.2 Å². The number of benzene rings is 1. The van der Waals surface area contributed by atoms with Gasteiger partial charge in [-0.25, -0.2) is 9.78 Å². The zero-order chi connectivity index (χ0) is 17.8. The summed E-state index contributed by atoms with van der Waals surface area (Å²) in [5.41, 5.74) is 2.10. The lowest BCUT2D eigenvalue weighted by Crippen LogP contribution is -2.37. The van der Waals surface area contributed by atoms with Crippen LogP contribution in [0.4, 0.5) is 10.5 Å². The Morgan fingerprint density at radius 3 is 2.92 bits per heavy atom. The van der Waals surface area contributed by atoms with Crippen LogP contribution >= 0.6 is 0 Å². The Morgan fingerprint density at radius 2 is 2.20 bits per heavy atom. The largest absolute Gasteiger partial charge is 0.440 e. The highest BCUT2D eigenvalue weighted by Gasteiger charge is 2.28. The molecule has 1 unspecified atom stereocenters. The lowest BCUT2D eigenvalue weighted by atomic mass is 10.2. The highest BCUT2D eigenvalue weighted by atomic mass is 16.5. The maximum absolute atomic E-state index is 11.9. The van der Waals surface area contributed by atoms with E-state index in [1.807, 2.05) is 13.8 Å². The van der Waals surface area contributed by atoms with Gasteiger partial charge in [0.25, 0.3) is 0 Å². The molecule has 1 aromatic carbocycles. The van der Waals surface area contributed by atoms with Crippen LogP contribution in [0.15, 0.2) is 22.6 Å². The van der Waals surface area contributed by atoms with Gasteiger partial charge < -0.3 is 24.9 Å². The van der Waals surface area contributed by atoms with E-state index in [1.54, 1.807) is 18.2 Å². The Balaban J connectivity index is 1.46. The molecule has 0 bridgehead atoms. The summed E-state index contributed by atoms with van der Waals surface area (Å²) in [5.74, 6) is 1.64. The molecule has 1 fully saturated rings. The molecule has 2 amide bonds. The van der Waals surface area contributed by atoms with Gasteiger partial charge in [0.05, 0.1) is 12.7 Å². The van der Waals surface area contributed by atoms with Gasteiger partial charge in [-0.1, -0.05) is 13.8 Å². The number of rotatable bonds is 8. The van der Waals surface area contributed by atoms with Crippen LogP contribution in [-0.2, 0) is 4.74 Å². The number of ether oxygens (including phenoxy) is 1. The predicted molar refractivity (Wildman–Crippen MR) is 94.7 cm³/mol. The fourth-order valence-corrected chi connectivity index (χ4v) is 2.41. The number of nitrogens with zero attached hydrogens (tertiary/aromatic N) is 1. The van der Waals surface area contributed by atoms with Crippen LogP contribution in [0.1, 0.15) is 38.5 Å². The molecule has 0 radical (unpaired) electrons. The van der Waals surface area contributed by atoms with Gasteiger partial charge in [-0.2, -0.15) is 0 Å². The first kappa shape index (κ1) is 17.7. The smallest absolute Gasteiger partial charge is 0.319 e. The average molecular weight is 347 g/mol. The Hall–Kier alpha value is -2.12. The maximum atomic E-state index is 11.9. The standard InChI is InChI=1S/C18H25N3O4/c1-11(2)9-24-10-14(22)8-19-18(23)20-13-5-6-16-15(7-13)21-17(25-16)12-3-4-12/h5-7,11-12,14,22H,3-4,8-10H2,1-2H3,(H2,19,20,23). The molecule has 0 saturated heterocycles. The fourth-order valence-electron chi connectivity index (χ4n) is 2.41. The quantitative estimate of drug-likeness (QED) is 0.682. The number of nitrogens with one attached hydrogen (secondary N) is 2. The Morgan fingerprint density at radius 1 is 1.40 bits per heavy atom. The number of hydrogen-bond donors (Lipinski definition) is 3. The van der Waals surface area contributed by atoms with Crippen LogP contribution in [-0.4, -0.2) is 42.0 Å². The van der Waals surface area contributed by atoms with Gasteiger partial charge in [0.1, 0.15) is 5.52 Å². The first-order chi connectivity index (χ1) is 12.0. The zero-order valence-corrected chi connectivity index (χ0v) is 14.6. The van der Waals surface area contributed by atoms with Crippen LogP contribution in [0, 0.1) is 5.92 Å². The molecule has 1 aromatic heterocycles. The molecule has 7 nitrogen and oxygen atoms in total. The number of fused-ring (bicyclic) bond motifs is 1. The van der Waals surface area contributed by atoms with Crippen LogP contribution < -0.4 is 10.6 Å². The summed E-state index contributed by atoms with van der Waals surface area (Å²) < 4.78 is 11.0. The molecule has 2 aromatic rings. The first-order valence-corrected chi connectivity index (χ1v) is 8.72. The molecule has 1 heterocycles. The number of anilines is 1. The number of carbonyl (C=O) groups is 1. The van der Waals surface area contributed by atoms with Gasteiger partial charge in [0.15, 0.2) is 11.5 Å². The molecule has 136 valence electrons. The number of aliphatic hydroxyl groups is 1. The number of amides is 2. The minimum Gasteiger partial charge on any atom is -0.440 e. The van der Waals surface area contributed by atoms with Gasteiger partial charge >= 0.3 is 6.03 Å². The summed E-state index contributed by atoms with van der Waals surface area (Å²) in [6, 6.07) is 4.98. The summed E-state index contributed by atoms with van der Waals surface area (Å²) in [5, 5.41) is 15.1. The van der Waals surface area contributed by atoms with E-state index in [4.69, 9.17) is 9.15 Å². The molecular formula is C18H25N3O4. The summed E-state index contributed by atoms with van der Waals surface area (Å²) in [6.07, 6.45) is 1.52. The van der Waals surface area contributed by atoms with Crippen molar-refractivity contribution in [3.05, 3.63) is 24.1 Å². The third-order valence-electron chi connectivity index (χ3n) is 3.85. The third-order valence-corrected chi connectivity index (χ3v) is 3.85. The molecular weight excluding hydrogens is 322 g/mol. The first-order valence-electron chi connectivity index (χ1n) is 8.72. The number of carbonyl (C=O) groups excluding carboxylic acids is 1. The van der Waals surface area contributed by atoms with Crippen molar-refractivity contribution >= 4 is 22.8 Å². The molecule has 25 heavy (non-hydrogen) atoms. The van der Waals surface area contributed by atoms with Crippen molar-refractivity contribution in [1.82, 2.24) is 10.3 Å². The van der Waals surface area contributed by atoms with Gasteiger partial charge in [0, 0.05) is 24.8 Å². The molecule has 0 spiro atoms. The van der Waals surface area contributed by atoms with Crippen LogP contribution in [0.3, 0.4) is 0 Å². The van der Waals surface area contributed by atoms with E-state index in [9.17, 15) is 9.90 Å². The number of oxazole rings is 1. The highest BCUT2D eigenvalue weighted by molar-refractivity contribution is 5.91. The van der Waals surface area contributed by atoms with Crippen molar-refractivity contribution in [2.75, 3.05) is 25.1 Å². The lowest BCUT2D eigenvalue weighted by Gasteiger charge is -2.14. The van der Waals surface area contributed by atoms with Crippen LogP contribution in [0.25, 0.3) is 11.1 Å². The summed E-state index contributed by atoms with van der Waals surface area (Å²) in [4.78, 5) is 16.4. The van der Waals surface area contributed by atoms with E-state index in [2.05, 4.69) is 15.6 Å². The topological polar surface area (TPSA) is 96.6 Å². The summed E-state index contributed by atoms with van der Waals surface area (Å²) >= 11 is 0. The number of urea groups is 1. The third kappa shape index (κ3) is 5.17. The number of aromatic nitrogens is 1. The second-order valence-electron chi connectivity index (χ2n) is 6.93. The molecule has 0 aliphatic heterocycles. The van der Waals surface area contributed by atoms with E-state index in [0.717, 1.165) is 29.8 Å². The Bertz CT molecular complexity index is 724. The minimum absolute atomic E-state index is 0.127. The van der Waals surface area contributed by atoms with Crippen LogP contribution in [0.5, 0.6) is 0 Å². The van der Waals surface area contributed by atoms with Gasteiger partial charge in [-0.3, -0.25) is 0 Å². The number of aliphatic hydroxyl groups excluding tert-OH is 1. The van der Waals surface area contributed by atoms with Gasteiger partial charge in [-0.15, -0.1) is 0 Å². The minimum atomic E-state index is -0.733. The fraction of sp³-hybridized carbons (Fsp3) is 0.556. The summed E-state index contributed by atoms with van der Waals surface area (Å²) in [7, 11) is 0.